The van der Waals surface area contributed by atoms with Crippen molar-refractivity contribution in [2.75, 3.05) is 18.4 Å². The van der Waals surface area contributed by atoms with Crippen LogP contribution in [0.2, 0.25) is 0 Å². The highest BCUT2D eigenvalue weighted by atomic mass is 16.2. The minimum Gasteiger partial charge on any atom is -0.342 e. The molecule has 5 heteroatoms. The lowest BCUT2D eigenvalue weighted by atomic mass is 9.99. The fourth-order valence-corrected chi connectivity index (χ4v) is 3.67. The van der Waals surface area contributed by atoms with Crippen molar-refractivity contribution in [3.8, 4) is 0 Å². The number of hydrogen-bond acceptors (Lipinski definition) is 2. The quantitative estimate of drug-likeness (QED) is 0.749. The van der Waals surface area contributed by atoms with Crippen molar-refractivity contribution in [2.24, 2.45) is 0 Å². The van der Waals surface area contributed by atoms with Crippen molar-refractivity contribution in [1.29, 1.82) is 0 Å². The summed E-state index contributed by atoms with van der Waals surface area (Å²) in [4.78, 5) is 26.0. The molecule has 0 bridgehead atoms. The lowest BCUT2D eigenvalue weighted by Gasteiger charge is -2.30. The van der Waals surface area contributed by atoms with E-state index in [2.05, 4.69) is 28.8 Å². The van der Waals surface area contributed by atoms with Crippen LogP contribution in [0.25, 0.3) is 0 Å². The maximum atomic E-state index is 12.5. The second-order valence-corrected chi connectivity index (χ2v) is 7.36. The summed E-state index contributed by atoms with van der Waals surface area (Å²) in [6.45, 7) is 7.62. The number of fused-ring (bicyclic) bond motifs is 1. The predicted octanol–water partition coefficient (Wildman–Crippen LogP) is 1.39. The van der Waals surface area contributed by atoms with Gasteiger partial charge in [0.05, 0.1) is 13.1 Å². The van der Waals surface area contributed by atoms with Crippen LogP contribution in [0.4, 0.5) is 5.69 Å². The first-order valence-corrected chi connectivity index (χ1v) is 9.51. The number of carbonyl (C=O) groups excluding carboxylic acids is 2. The molecule has 3 N–H and O–H groups in total. The Labute approximate surface area is 160 Å². The van der Waals surface area contributed by atoms with Gasteiger partial charge in [-0.25, -0.2) is 0 Å². The number of nitrogens with one attached hydrogen (secondary N) is 3. The molecule has 1 aliphatic heterocycles. The fraction of sp³-hybridized carbons (Fsp3) is 0.364. The lowest BCUT2D eigenvalue weighted by Crippen LogP contribution is -3.16. The topological polar surface area (TPSA) is 62.6 Å². The van der Waals surface area contributed by atoms with Gasteiger partial charge in [0.1, 0.15) is 6.54 Å². The maximum absolute atomic E-state index is 12.5. The highest BCUT2D eigenvalue weighted by Crippen LogP contribution is 2.19. The average Bonchev–Trinajstić information content (AvgIpc) is 2.68. The van der Waals surface area contributed by atoms with Crippen LogP contribution >= 0.6 is 0 Å². The zero-order valence-corrected chi connectivity index (χ0v) is 16.3. The van der Waals surface area contributed by atoms with Crippen molar-refractivity contribution in [3.63, 3.8) is 0 Å². The van der Waals surface area contributed by atoms with Gasteiger partial charge in [0.2, 0.25) is 5.91 Å². The van der Waals surface area contributed by atoms with Gasteiger partial charge in [-0.15, -0.1) is 0 Å². The zero-order chi connectivity index (χ0) is 19.4. The Balaban J connectivity index is 1.52. The fourth-order valence-electron chi connectivity index (χ4n) is 3.67. The Bertz CT molecular complexity index is 827. The van der Waals surface area contributed by atoms with E-state index in [0.717, 1.165) is 36.3 Å². The molecule has 1 unspecified atom stereocenters. The largest absolute Gasteiger partial charge is 0.342 e. The molecule has 1 aliphatic rings. The Morgan fingerprint density at radius 3 is 2.41 bits per heavy atom. The number of rotatable bonds is 5. The van der Waals surface area contributed by atoms with Crippen LogP contribution in [-0.4, -0.2) is 30.9 Å². The summed E-state index contributed by atoms with van der Waals surface area (Å²) in [7, 11) is 0. The molecule has 2 aromatic rings. The standard InChI is InChI=1S/C22H27N3O2/c1-15-7-6-8-16(2)21(15)24-20(26)13-23-22(27)17(3)25-12-11-18-9-4-5-10-19(18)14-25/h4-10,17H,11-14H2,1-3H3,(H,23,27)(H,24,26)/p+1/t17-/m1/s1. The number of quaternary nitrogens is 1. The summed E-state index contributed by atoms with van der Waals surface area (Å²) in [6.07, 6.45) is 0.982. The minimum atomic E-state index is -0.202. The highest BCUT2D eigenvalue weighted by Gasteiger charge is 2.28. The molecule has 0 radical (unpaired) electrons. The Morgan fingerprint density at radius 1 is 1.04 bits per heavy atom. The van der Waals surface area contributed by atoms with Gasteiger partial charge in [0.25, 0.3) is 5.91 Å². The van der Waals surface area contributed by atoms with Crippen LogP contribution in [0.1, 0.15) is 29.2 Å². The molecule has 3 rings (SSSR count). The SMILES string of the molecule is Cc1cccc(C)c1NC(=O)CNC(=O)[C@@H](C)[NH+]1CCc2ccccc2C1. The predicted molar refractivity (Wildman–Crippen MR) is 107 cm³/mol. The van der Waals surface area contributed by atoms with E-state index in [1.807, 2.05) is 45.0 Å². The number of carbonyl (C=O) groups is 2. The smallest absolute Gasteiger partial charge is 0.278 e. The first kappa shape index (κ1) is 19.1. The van der Waals surface area contributed by atoms with Crippen molar-refractivity contribution in [1.82, 2.24) is 5.32 Å². The Kier molecular flexibility index (Phi) is 5.91. The van der Waals surface area contributed by atoms with Crippen LogP contribution in [0.3, 0.4) is 0 Å². The lowest BCUT2D eigenvalue weighted by molar-refractivity contribution is -0.929. The third-order valence-electron chi connectivity index (χ3n) is 5.43. The molecule has 0 fully saturated rings. The van der Waals surface area contributed by atoms with E-state index in [1.54, 1.807) is 0 Å². The number of amides is 2. The van der Waals surface area contributed by atoms with E-state index in [1.165, 1.54) is 16.0 Å². The van der Waals surface area contributed by atoms with Crippen molar-refractivity contribution >= 4 is 17.5 Å². The summed E-state index contributed by atoms with van der Waals surface area (Å²) in [5.41, 5.74) is 5.54. The molecule has 2 aromatic carbocycles. The average molecular weight is 366 g/mol. The van der Waals surface area contributed by atoms with E-state index >= 15 is 0 Å². The van der Waals surface area contributed by atoms with Gasteiger partial charge in [-0.05, 0) is 37.5 Å². The van der Waals surface area contributed by atoms with Gasteiger partial charge in [-0.1, -0.05) is 42.5 Å². The van der Waals surface area contributed by atoms with E-state index in [4.69, 9.17) is 0 Å². The van der Waals surface area contributed by atoms with Crippen LogP contribution in [0, 0.1) is 13.8 Å². The van der Waals surface area contributed by atoms with Crippen LogP contribution in [0.5, 0.6) is 0 Å². The molecular formula is C22H28N3O2+. The van der Waals surface area contributed by atoms with Crippen molar-refractivity contribution < 1.29 is 14.5 Å². The van der Waals surface area contributed by atoms with Crippen LogP contribution < -0.4 is 15.5 Å². The molecular weight excluding hydrogens is 338 g/mol. The van der Waals surface area contributed by atoms with Crippen molar-refractivity contribution in [3.05, 3.63) is 64.7 Å². The molecule has 0 spiro atoms. The number of aryl methyl sites for hydroxylation is 2. The summed E-state index contributed by atoms with van der Waals surface area (Å²) in [6, 6.07) is 14.1. The molecule has 142 valence electrons. The van der Waals surface area contributed by atoms with E-state index in [9.17, 15) is 9.59 Å². The molecule has 0 aliphatic carbocycles. The van der Waals surface area contributed by atoms with Crippen molar-refractivity contribution in [2.45, 2.75) is 39.8 Å². The molecule has 5 nitrogen and oxygen atoms in total. The molecule has 0 saturated carbocycles. The number of anilines is 1. The normalized spacial score (nSPS) is 16.9. The second-order valence-electron chi connectivity index (χ2n) is 7.36. The van der Waals surface area contributed by atoms with Gasteiger partial charge >= 0.3 is 0 Å². The van der Waals surface area contributed by atoms with Gasteiger partial charge in [-0.3, -0.25) is 9.59 Å². The summed E-state index contributed by atoms with van der Waals surface area (Å²) in [5, 5.41) is 5.70. The van der Waals surface area contributed by atoms with E-state index in [-0.39, 0.29) is 24.4 Å². The third kappa shape index (κ3) is 4.55. The van der Waals surface area contributed by atoms with Crippen LogP contribution in [0.15, 0.2) is 42.5 Å². The molecule has 2 amide bonds. The molecule has 2 atom stereocenters. The van der Waals surface area contributed by atoms with Crippen LogP contribution in [-0.2, 0) is 22.6 Å². The molecule has 1 heterocycles. The van der Waals surface area contributed by atoms with E-state index in [0.29, 0.717) is 0 Å². The number of benzene rings is 2. The summed E-state index contributed by atoms with van der Waals surface area (Å²) >= 11 is 0. The van der Waals surface area contributed by atoms with Gasteiger partial charge < -0.3 is 15.5 Å². The highest BCUT2D eigenvalue weighted by molar-refractivity contribution is 5.96. The zero-order valence-electron chi connectivity index (χ0n) is 16.3. The monoisotopic (exact) mass is 366 g/mol. The number of para-hydroxylation sites is 1. The summed E-state index contributed by atoms with van der Waals surface area (Å²) < 4.78 is 0. The first-order valence-electron chi connectivity index (χ1n) is 9.51. The summed E-state index contributed by atoms with van der Waals surface area (Å²) in [5.74, 6) is -0.284. The molecule has 0 aromatic heterocycles. The van der Waals surface area contributed by atoms with Gasteiger partial charge in [-0.2, -0.15) is 0 Å². The molecule has 27 heavy (non-hydrogen) atoms. The van der Waals surface area contributed by atoms with E-state index < -0.39 is 0 Å². The molecule has 0 saturated heterocycles. The van der Waals surface area contributed by atoms with Gasteiger partial charge in [0.15, 0.2) is 6.04 Å². The number of hydrogen-bond donors (Lipinski definition) is 3. The second kappa shape index (κ2) is 8.35. The Morgan fingerprint density at radius 2 is 1.70 bits per heavy atom. The Hall–Kier alpha value is -2.66. The van der Waals surface area contributed by atoms with Gasteiger partial charge in [0, 0.05) is 17.7 Å². The first-order chi connectivity index (χ1) is 13.0. The maximum Gasteiger partial charge on any atom is 0.278 e. The minimum absolute atomic E-state index is 0.0131. The third-order valence-corrected chi connectivity index (χ3v) is 5.43.